The summed E-state index contributed by atoms with van der Waals surface area (Å²) in [7, 11) is 0. The summed E-state index contributed by atoms with van der Waals surface area (Å²) < 4.78 is 5.66. The third-order valence-corrected chi connectivity index (χ3v) is 7.30. The molecule has 7 heteroatoms. The molecule has 0 spiro atoms. The van der Waals surface area contributed by atoms with Crippen molar-refractivity contribution < 1.29 is 24.2 Å². The highest BCUT2D eigenvalue weighted by Gasteiger charge is 2.37. The molecule has 1 aliphatic heterocycles. The summed E-state index contributed by atoms with van der Waals surface area (Å²) in [4.78, 5) is 38.8. The first-order valence-corrected chi connectivity index (χ1v) is 11.9. The van der Waals surface area contributed by atoms with E-state index in [4.69, 9.17) is 9.84 Å². The lowest BCUT2D eigenvalue weighted by molar-refractivity contribution is -0.137. The van der Waals surface area contributed by atoms with Crippen molar-refractivity contribution in [2.45, 2.75) is 37.6 Å². The van der Waals surface area contributed by atoms with Gasteiger partial charge in [0.15, 0.2) is 0 Å². The molecule has 2 N–H and O–H groups in total. The summed E-state index contributed by atoms with van der Waals surface area (Å²) in [6.45, 7) is 0.780. The van der Waals surface area contributed by atoms with Gasteiger partial charge in [0, 0.05) is 24.6 Å². The van der Waals surface area contributed by atoms with E-state index in [2.05, 4.69) is 29.6 Å². The first-order chi connectivity index (χ1) is 16.5. The SMILES string of the molecule is O=C(NC(C(=O)N1CC=C(C(=O)O)CC1)C1CCC1)OCC1c2ccccc2-c2ccccc21. The van der Waals surface area contributed by atoms with E-state index in [1.807, 2.05) is 24.3 Å². The third-order valence-electron chi connectivity index (χ3n) is 7.30. The van der Waals surface area contributed by atoms with Crippen molar-refractivity contribution in [3.63, 3.8) is 0 Å². The monoisotopic (exact) mass is 460 g/mol. The molecule has 1 unspecified atom stereocenters. The number of carboxylic acid groups (broad SMARTS) is 1. The minimum atomic E-state index is -0.945. The van der Waals surface area contributed by atoms with Crippen LogP contribution in [-0.4, -0.2) is 53.7 Å². The number of rotatable bonds is 6. The van der Waals surface area contributed by atoms with Gasteiger partial charge in [0.05, 0.1) is 0 Å². The lowest BCUT2D eigenvalue weighted by atomic mass is 9.79. The normalized spacial score (nSPS) is 18.2. The fourth-order valence-electron chi connectivity index (χ4n) is 5.18. The number of hydrogen-bond donors (Lipinski definition) is 2. The van der Waals surface area contributed by atoms with E-state index in [1.54, 1.807) is 11.0 Å². The Kier molecular flexibility index (Phi) is 6.09. The van der Waals surface area contributed by atoms with Gasteiger partial charge in [0.2, 0.25) is 5.91 Å². The van der Waals surface area contributed by atoms with Crippen LogP contribution in [0.4, 0.5) is 4.79 Å². The van der Waals surface area contributed by atoms with Crippen molar-refractivity contribution >= 4 is 18.0 Å². The average molecular weight is 461 g/mol. The van der Waals surface area contributed by atoms with Crippen LogP contribution in [0.5, 0.6) is 0 Å². The number of nitrogens with zero attached hydrogens (tertiary/aromatic N) is 1. The van der Waals surface area contributed by atoms with Crippen molar-refractivity contribution in [1.29, 1.82) is 0 Å². The minimum Gasteiger partial charge on any atom is -0.478 e. The number of carboxylic acids is 1. The molecule has 2 aliphatic carbocycles. The molecule has 0 bridgehead atoms. The van der Waals surface area contributed by atoms with Crippen molar-refractivity contribution in [2.75, 3.05) is 19.7 Å². The van der Waals surface area contributed by atoms with Gasteiger partial charge >= 0.3 is 12.1 Å². The van der Waals surface area contributed by atoms with Crippen molar-refractivity contribution in [3.05, 3.63) is 71.3 Å². The molecule has 7 nitrogen and oxygen atoms in total. The van der Waals surface area contributed by atoms with Crippen LogP contribution in [0.2, 0.25) is 0 Å². The summed E-state index contributed by atoms with van der Waals surface area (Å²) in [6, 6.07) is 15.7. The second kappa shape index (κ2) is 9.33. The molecule has 5 rings (SSSR count). The molecule has 1 fully saturated rings. The molecule has 1 heterocycles. The highest BCUT2D eigenvalue weighted by atomic mass is 16.5. The predicted molar refractivity (Wildman–Crippen MR) is 126 cm³/mol. The molecule has 1 saturated carbocycles. The predicted octanol–water partition coefficient (Wildman–Crippen LogP) is 3.94. The zero-order chi connectivity index (χ0) is 23.7. The molecular weight excluding hydrogens is 432 g/mol. The Morgan fingerprint density at radius 3 is 2.21 bits per heavy atom. The number of aliphatic carboxylic acids is 1. The van der Waals surface area contributed by atoms with Crippen LogP contribution >= 0.6 is 0 Å². The number of carbonyl (C=O) groups excluding carboxylic acids is 2. The molecule has 3 aliphatic rings. The molecule has 0 radical (unpaired) electrons. The Bertz CT molecular complexity index is 1110. The Balaban J connectivity index is 1.25. The maximum Gasteiger partial charge on any atom is 0.407 e. The first-order valence-electron chi connectivity index (χ1n) is 11.9. The maximum absolute atomic E-state index is 13.2. The van der Waals surface area contributed by atoms with E-state index in [0.29, 0.717) is 18.5 Å². The number of fused-ring (bicyclic) bond motifs is 3. The lowest BCUT2D eigenvalue weighted by Gasteiger charge is -2.37. The van der Waals surface area contributed by atoms with Crippen LogP contribution in [-0.2, 0) is 14.3 Å². The summed E-state index contributed by atoms with van der Waals surface area (Å²) in [5, 5.41) is 12.0. The second-order valence-corrected chi connectivity index (χ2v) is 9.21. The van der Waals surface area contributed by atoms with Gasteiger partial charge in [-0.15, -0.1) is 0 Å². The van der Waals surface area contributed by atoms with E-state index >= 15 is 0 Å². The van der Waals surface area contributed by atoms with Crippen molar-refractivity contribution in [1.82, 2.24) is 10.2 Å². The van der Waals surface area contributed by atoms with E-state index < -0.39 is 18.1 Å². The van der Waals surface area contributed by atoms with Gasteiger partial charge < -0.3 is 20.1 Å². The zero-order valence-electron chi connectivity index (χ0n) is 18.9. The van der Waals surface area contributed by atoms with E-state index in [1.165, 1.54) is 0 Å². The van der Waals surface area contributed by atoms with Crippen LogP contribution in [0, 0.1) is 5.92 Å². The third kappa shape index (κ3) is 4.18. The van der Waals surface area contributed by atoms with Gasteiger partial charge in [0.1, 0.15) is 12.6 Å². The molecule has 2 aromatic carbocycles. The van der Waals surface area contributed by atoms with Crippen molar-refractivity contribution in [3.8, 4) is 11.1 Å². The first kappa shape index (κ1) is 22.2. The number of nitrogens with one attached hydrogen (secondary N) is 1. The van der Waals surface area contributed by atoms with E-state index in [-0.39, 0.29) is 30.9 Å². The number of carbonyl (C=O) groups is 3. The average Bonchev–Trinajstić information content (AvgIpc) is 3.14. The highest BCUT2D eigenvalue weighted by Crippen LogP contribution is 2.44. The van der Waals surface area contributed by atoms with Gasteiger partial charge in [-0.2, -0.15) is 0 Å². The molecule has 34 heavy (non-hydrogen) atoms. The number of hydrogen-bond acceptors (Lipinski definition) is 4. The zero-order valence-corrected chi connectivity index (χ0v) is 18.9. The van der Waals surface area contributed by atoms with Gasteiger partial charge in [-0.05, 0) is 47.4 Å². The van der Waals surface area contributed by atoms with E-state index in [0.717, 1.165) is 41.5 Å². The molecular formula is C27H28N2O5. The molecule has 2 aromatic rings. The Morgan fingerprint density at radius 1 is 1.03 bits per heavy atom. The van der Waals surface area contributed by atoms with Gasteiger partial charge in [-0.25, -0.2) is 9.59 Å². The van der Waals surface area contributed by atoms with E-state index in [9.17, 15) is 14.4 Å². The Morgan fingerprint density at radius 2 is 1.68 bits per heavy atom. The fraction of sp³-hybridized carbons (Fsp3) is 0.370. The van der Waals surface area contributed by atoms with Gasteiger partial charge in [0.25, 0.3) is 0 Å². The van der Waals surface area contributed by atoms with Gasteiger partial charge in [-0.3, -0.25) is 4.79 Å². The fourth-order valence-corrected chi connectivity index (χ4v) is 5.18. The van der Waals surface area contributed by atoms with Crippen LogP contribution < -0.4 is 5.32 Å². The van der Waals surface area contributed by atoms with Crippen LogP contribution in [0.15, 0.2) is 60.2 Å². The maximum atomic E-state index is 13.2. The van der Waals surface area contributed by atoms with Crippen LogP contribution in [0.1, 0.15) is 42.7 Å². The highest BCUT2D eigenvalue weighted by molar-refractivity contribution is 5.89. The van der Waals surface area contributed by atoms with Crippen LogP contribution in [0.25, 0.3) is 11.1 Å². The summed E-state index contributed by atoms with van der Waals surface area (Å²) >= 11 is 0. The molecule has 176 valence electrons. The molecule has 1 atom stereocenters. The van der Waals surface area contributed by atoms with Crippen LogP contribution in [0.3, 0.4) is 0 Å². The Hall–Kier alpha value is -3.61. The van der Waals surface area contributed by atoms with Crippen molar-refractivity contribution in [2.24, 2.45) is 5.92 Å². The number of amides is 2. The number of alkyl carbamates (subject to hydrolysis) is 1. The molecule has 2 amide bonds. The summed E-state index contributed by atoms with van der Waals surface area (Å²) in [6.07, 6.45) is 4.09. The summed E-state index contributed by atoms with van der Waals surface area (Å²) in [5.41, 5.74) is 4.92. The minimum absolute atomic E-state index is 0.0438. The lowest BCUT2D eigenvalue weighted by Crippen LogP contribution is -2.54. The standard InChI is InChI=1S/C27H28N2O5/c30-25(29-14-12-18(13-15-29)26(31)32)24(17-6-5-7-17)28-27(33)34-16-23-21-10-3-1-8-19(21)20-9-2-4-11-22(20)23/h1-4,8-12,17,23-24H,5-7,13-16H2,(H,28,33)(H,31,32). The number of benzene rings is 2. The second-order valence-electron chi connectivity index (χ2n) is 9.21. The summed E-state index contributed by atoms with van der Waals surface area (Å²) in [5.74, 6) is -1.08. The van der Waals surface area contributed by atoms with Gasteiger partial charge in [-0.1, -0.05) is 61.0 Å². The smallest absolute Gasteiger partial charge is 0.407 e. The molecule has 0 aromatic heterocycles. The largest absolute Gasteiger partial charge is 0.478 e. The quantitative estimate of drug-likeness (QED) is 0.681. The topological polar surface area (TPSA) is 95.9 Å². The Labute approximate surface area is 198 Å². The number of ether oxygens (including phenoxy) is 1. The molecule has 0 saturated heterocycles.